The number of anilines is 1. The number of rotatable bonds is 5. The SMILES string of the molecule is CCOc1cccc(CNc2nc3c(Cl)cccc3n2C)c1. The molecule has 3 aromatic rings. The van der Waals surface area contributed by atoms with Crippen molar-refractivity contribution in [2.75, 3.05) is 11.9 Å². The zero-order valence-corrected chi connectivity index (χ0v) is 13.4. The largest absolute Gasteiger partial charge is 0.494 e. The minimum atomic E-state index is 0.666. The molecule has 1 N–H and O–H groups in total. The molecule has 0 aliphatic rings. The molecule has 0 saturated heterocycles. The molecule has 0 saturated carbocycles. The molecule has 114 valence electrons. The topological polar surface area (TPSA) is 39.1 Å². The van der Waals surface area contributed by atoms with Crippen molar-refractivity contribution in [1.29, 1.82) is 0 Å². The monoisotopic (exact) mass is 315 g/mol. The summed E-state index contributed by atoms with van der Waals surface area (Å²) >= 11 is 6.19. The number of aromatic nitrogens is 2. The van der Waals surface area contributed by atoms with E-state index in [0.717, 1.165) is 28.3 Å². The zero-order chi connectivity index (χ0) is 15.5. The molecule has 1 aromatic heterocycles. The molecule has 0 atom stereocenters. The number of para-hydroxylation sites is 1. The van der Waals surface area contributed by atoms with E-state index in [-0.39, 0.29) is 0 Å². The van der Waals surface area contributed by atoms with E-state index in [0.29, 0.717) is 18.2 Å². The highest BCUT2D eigenvalue weighted by atomic mass is 35.5. The Balaban J connectivity index is 1.81. The Kier molecular flexibility index (Phi) is 4.20. The number of hydrogen-bond donors (Lipinski definition) is 1. The van der Waals surface area contributed by atoms with E-state index in [4.69, 9.17) is 16.3 Å². The van der Waals surface area contributed by atoms with Gasteiger partial charge in [-0.1, -0.05) is 29.8 Å². The molecule has 0 spiro atoms. The van der Waals surface area contributed by atoms with Crippen LogP contribution < -0.4 is 10.1 Å². The number of halogens is 1. The Morgan fingerprint density at radius 2 is 2.05 bits per heavy atom. The Bertz CT molecular complexity index is 798. The number of benzene rings is 2. The van der Waals surface area contributed by atoms with Crippen LogP contribution in [-0.4, -0.2) is 16.2 Å². The second kappa shape index (κ2) is 6.28. The van der Waals surface area contributed by atoms with Crippen LogP contribution in [-0.2, 0) is 13.6 Å². The van der Waals surface area contributed by atoms with Crippen molar-refractivity contribution >= 4 is 28.6 Å². The molecule has 2 aromatic carbocycles. The Morgan fingerprint density at radius 1 is 1.23 bits per heavy atom. The Morgan fingerprint density at radius 3 is 2.82 bits per heavy atom. The van der Waals surface area contributed by atoms with Gasteiger partial charge >= 0.3 is 0 Å². The first kappa shape index (κ1) is 14.7. The molecule has 0 radical (unpaired) electrons. The van der Waals surface area contributed by atoms with Crippen molar-refractivity contribution in [2.24, 2.45) is 7.05 Å². The lowest BCUT2D eigenvalue weighted by molar-refractivity contribution is 0.340. The summed E-state index contributed by atoms with van der Waals surface area (Å²) in [6, 6.07) is 13.8. The fourth-order valence-electron chi connectivity index (χ4n) is 2.43. The van der Waals surface area contributed by atoms with Crippen LogP contribution in [0.5, 0.6) is 5.75 Å². The summed E-state index contributed by atoms with van der Waals surface area (Å²) in [4.78, 5) is 4.57. The van der Waals surface area contributed by atoms with E-state index in [1.54, 1.807) is 0 Å². The summed E-state index contributed by atoms with van der Waals surface area (Å²) < 4.78 is 7.53. The normalized spacial score (nSPS) is 10.9. The van der Waals surface area contributed by atoms with Crippen LogP contribution >= 0.6 is 11.6 Å². The van der Waals surface area contributed by atoms with Gasteiger partial charge < -0.3 is 14.6 Å². The molecule has 0 aliphatic carbocycles. The fourth-order valence-corrected chi connectivity index (χ4v) is 2.64. The smallest absolute Gasteiger partial charge is 0.203 e. The van der Waals surface area contributed by atoms with E-state index in [1.807, 2.05) is 54.9 Å². The van der Waals surface area contributed by atoms with E-state index in [1.165, 1.54) is 0 Å². The molecule has 1 heterocycles. The van der Waals surface area contributed by atoms with Crippen molar-refractivity contribution in [1.82, 2.24) is 9.55 Å². The molecule has 0 fully saturated rings. The summed E-state index contributed by atoms with van der Waals surface area (Å²) in [6.45, 7) is 3.32. The molecular formula is C17H18ClN3O. The lowest BCUT2D eigenvalue weighted by atomic mass is 10.2. The minimum Gasteiger partial charge on any atom is -0.494 e. The maximum absolute atomic E-state index is 6.19. The minimum absolute atomic E-state index is 0.666. The molecule has 5 heteroatoms. The molecule has 0 bridgehead atoms. The highest BCUT2D eigenvalue weighted by Gasteiger charge is 2.09. The lowest BCUT2D eigenvalue weighted by Gasteiger charge is -2.08. The number of hydrogen-bond acceptors (Lipinski definition) is 3. The molecule has 4 nitrogen and oxygen atoms in total. The molecule has 0 unspecified atom stereocenters. The van der Waals surface area contributed by atoms with E-state index < -0.39 is 0 Å². The Labute approximate surface area is 134 Å². The summed E-state index contributed by atoms with van der Waals surface area (Å²) in [5, 5.41) is 4.02. The average molecular weight is 316 g/mol. The number of ether oxygens (including phenoxy) is 1. The third kappa shape index (κ3) is 2.88. The summed E-state index contributed by atoms with van der Waals surface area (Å²) in [5.41, 5.74) is 2.97. The van der Waals surface area contributed by atoms with Gasteiger partial charge in [0.1, 0.15) is 11.3 Å². The number of nitrogens with one attached hydrogen (secondary N) is 1. The van der Waals surface area contributed by atoms with E-state index in [2.05, 4.69) is 16.4 Å². The van der Waals surface area contributed by atoms with Gasteiger partial charge in [-0.15, -0.1) is 0 Å². The van der Waals surface area contributed by atoms with Gasteiger partial charge in [0.15, 0.2) is 0 Å². The Hall–Kier alpha value is -2.20. The van der Waals surface area contributed by atoms with Crippen LogP contribution in [0.15, 0.2) is 42.5 Å². The van der Waals surface area contributed by atoms with Gasteiger partial charge in [0.05, 0.1) is 17.1 Å². The maximum Gasteiger partial charge on any atom is 0.203 e. The van der Waals surface area contributed by atoms with Gasteiger partial charge in [-0.05, 0) is 36.8 Å². The van der Waals surface area contributed by atoms with E-state index >= 15 is 0 Å². The van der Waals surface area contributed by atoms with Gasteiger partial charge in [0.2, 0.25) is 5.95 Å². The van der Waals surface area contributed by atoms with Crippen molar-refractivity contribution < 1.29 is 4.74 Å². The van der Waals surface area contributed by atoms with Gasteiger partial charge in [0.25, 0.3) is 0 Å². The molecular weight excluding hydrogens is 298 g/mol. The first-order chi connectivity index (χ1) is 10.7. The first-order valence-corrected chi connectivity index (χ1v) is 7.63. The van der Waals surface area contributed by atoms with Crippen LogP contribution in [0.2, 0.25) is 5.02 Å². The number of aryl methyl sites for hydroxylation is 1. The second-order valence-corrected chi connectivity index (χ2v) is 5.44. The standard InChI is InChI=1S/C17H18ClN3O/c1-3-22-13-7-4-6-12(10-13)11-19-17-20-16-14(18)8-5-9-15(16)21(17)2/h4-10H,3,11H2,1-2H3,(H,19,20). The first-order valence-electron chi connectivity index (χ1n) is 7.25. The van der Waals surface area contributed by atoms with Crippen molar-refractivity contribution in [3.05, 3.63) is 53.1 Å². The number of imidazole rings is 1. The van der Waals surface area contributed by atoms with Crippen LogP contribution in [0.4, 0.5) is 5.95 Å². The lowest BCUT2D eigenvalue weighted by Crippen LogP contribution is -2.05. The summed E-state index contributed by atoms with van der Waals surface area (Å²) in [7, 11) is 1.98. The third-order valence-electron chi connectivity index (χ3n) is 3.52. The third-order valence-corrected chi connectivity index (χ3v) is 3.83. The summed E-state index contributed by atoms with van der Waals surface area (Å²) in [5.74, 6) is 1.68. The highest BCUT2D eigenvalue weighted by Crippen LogP contribution is 2.25. The number of nitrogens with zero attached hydrogens (tertiary/aromatic N) is 2. The van der Waals surface area contributed by atoms with Crippen LogP contribution in [0, 0.1) is 0 Å². The van der Waals surface area contributed by atoms with E-state index in [9.17, 15) is 0 Å². The maximum atomic E-state index is 6.19. The molecule has 0 amide bonds. The van der Waals surface area contributed by atoms with Crippen LogP contribution in [0.25, 0.3) is 11.0 Å². The fraction of sp³-hybridized carbons (Fsp3) is 0.235. The zero-order valence-electron chi connectivity index (χ0n) is 12.6. The predicted molar refractivity (Wildman–Crippen MR) is 90.7 cm³/mol. The van der Waals surface area contributed by atoms with Crippen LogP contribution in [0.3, 0.4) is 0 Å². The predicted octanol–water partition coefficient (Wildman–Crippen LogP) is 4.24. The van der Waals surface area contributed by atoms with Crippen molar-refractivity contribution in [2.45, 2.75) is 13.5 Å². The molecule has 0 aliphatic heterocycles. The van der Waals surface area contributed by atoms with Crippen LogP contribution in [0.1, 0.15) is 12.5 Å². The highest BCUT2D eigenvalue weighted by molar-refractivity contribution is 6.35. The summed E-state index contributed by atoms with van der Waals surface area (Å²) in [6.07, 6.45) is 0. The van der Waals surface area contributed by atoms with Gasteiger partial charge in [0, 0.05) is 13.6 Å². The van der Waals surface area contributed by atoms with Gasteiger partial charge in [-0.3, -0.25) is 0 Å². The number of fused-ring (bicyclic) bond motifs is 1. The van der Waals surface area contributed by atoms with Gasteiger partial charge in [-0.2, -0.15) is 0 Å². The van der Waals surface area contributed by atoms with Gasteiger partial charge in [-0.25, -0.2) is 4.98 Å². The van der Waals surface area contributed by atoms with Crippen molar-refractivity contribution in [3.63, 3.8) is 0 Å². The quantitative estimate of drug-likeness (QED) is 0.765. The molecule has 22 heavy (non-hydrogen) atoms. The molecule has 3 rings (SSSR count). The van der Waals surface area contributed by atoms with Crippen molar-refractivity contribution in [3.8, 4) is 5.75 Å². The second-order valence-electron chi connectivity index (χ2n) is 5.04. The average Bonchev–Trinajstić information content (AvgIpc) is 2.84.